The fourth-order valence-corrected chi connectivity index (χ4v) is 5.34. The van der Waals surface area contributed by atoms with Crippen molar-refractivity contribution in [2.75, 3.05) is 25.5 Å². The van der Waals surface area contributed by atoms with Gasteiger partial charge in [0.2, 0.25) is 0 Å². The number of benzene rings is 1. The minimum Gasteiger partial charge on any atom is -0.369 e. The number of rotatable bonds is 7. The molecule has 1 amide bonds. The molecule has 0 unspecified atom stereocenters. The van der Waals surface area contributed by atoms with Gasteiger partial charge in [-0.2, -0.15) is 0 Å². The van der Waals surface area contributed by atoms with Crippen LogP contribution in [0.5, 0.6) is 0 Å². The molecule has 0 saturated heterocycles. The number of hydrogen-bond donors (Lipinski definition) is 1. The van der Waals surface area contributed by atoms with Gasteiger partial charge in [0.1, 0.15) is 5.65 Å². The van der Waals surface area contributed by atoms with E-state index < -0.39 is 0 Å². The quantitative estimate of drug-likeness (QED) is 0.535. The lowest BCUT2D eigenvalue weighted by atomic mass is 9.89. The highest BCUT2D eigenvalue weighted by Crippen LogP contribution is 2.34. The zero-order chi connectivity index (χ0) is 23.5. The number of carbonyl (C=O) groups is 1. The smallest absolute Gasteiger partial charge is 0.251 e. The van der Waals surface area contributed by atoms with E-state index in [-0.39, 0.29) is 5.91 Å². The predicted octanol–water partition coefficient (Wildman–Crippen LogP) is 4.93. The van der Waals surface area contributed by atoms with Gasteiger partial charge in [-0.1, -0.05) is 17.7 Å². The van der Waals surface area contributed by atoms with Crippen molar-refractivity contribution in [3.05, 3.63) is 64.6 Å². The maximum atomic E-state index is 13.2. The molecule has 7 heteroatoms. The monoisotopic (exact) mass is 467 g/mol. The van der Waals surface area contributed by atoms with E-state index in [4.69, 9.17) is 11.6 Å². The number of carbonyl (C=O) groups excluding carboxylic acids is 1. The number of nitrogens with zero attached hydrogens (tertiary/aromatic N) is 4. The van der Waals surface area contributed by atoms with Crippen LogP contribution in [0, 0.1) is 6.92 Å². The van der Waals surface area contributed by atoms with Crippen LogP contribution < -0.4 is 10.2 Å². The second-order valence-corrected chi connectivity index (χ2v) is 9.62. The minimum atomic E-state index is -0.114. The highest BCUT2D eigenvalue weighted by molar-refractivity contribution is 6.31. The summed E-state index contributed by atoms with van der Waals surface area (Å²) in [4.78, 5) is 22.4. The molecule has 2 aromatic heterocycles. The Bertz CT molecular complexity index is 1120. The van der Waals surface area contributed by atoms with Crippen molar-refractivity contribution in [3.8, 4) is 0 Å². The lowest BCUT2D eigenvalue weighted by Gasteiger charge is -2.40. The lowest BCUT2D eigenvalue weighted by molar-refractivity contribution is 0.0950. The van der Waals surface area contributed by atoms with Crippen molar-refractivity contribution in [3.63, 3.8) is 0 Å². The summed E-state index contributed by atoms with van der Waals surface area (Å²) in [5, 5.41) is 3.67. The standard InChI is InChI=1S/C26H34ClN5O/c1-5-32(22-10-8-21(9-11-22)30(3)4)24-16-20(27)15-23(18(24)2)26(33)29-17-19-7-6-13-31-14-12-28-25(19)31/h6-7,12-16,21-22H,5,8-11,17H2,1-4H3,(H,29,33). The molecule has 0 atom stereocenters. The van der Waals surface area contributed by atoms with Crippen molar-refractivity contribution < 1.29 is 4.79 Å². The Morgan fingerprint density at radius 2 is 1.91 bits per heavy atom. The molecular formula is C26H34ClN5O. The summed E-state index contributed by atoms with van der Waals surface area (Å²) < 4.78 is 1.95. The molecule has 1 aliphatic carbocycles. The summed E-state index contributed by atoms with van der Waals surface area (Å²) >= 11 is 6.52. The van der Waals surface area contributed by atoms with Gasteiger partial charge in [-0.15, -0.1) is 0 Å². The lowest BCUT2D eigenvalue weighted by Crippen LogP contribution is -2.42. The van der Waals surface area contributed by atoms with Crippen LogP contribution in [0.2, 0.25) is 5.02 Å². The molecule has 4 rings (SSSR count). The summed E-state index contributed by atoms with van der Waals surface area (Å²) in [6, 6.07) is 8.87. The van der Waals surface area contributed by atoms with Gasteiger partial charge in [-0.05, 0) is 77.4 Å². The molecular weight excluding hydrogens is 434 g/mol. The van der Waals surface area contributed by atoms with Crippen molar-refractivity contribution in [2.45, 2.75) is 58.2 Å². The van der Waals surface area contributed by atoms with Gasteiger partial charge in [0, 0.05) is 65.6 Å². The van der Waals surface area contributed by atoms with Crippen LogP contribution in [0.3, 0.4) is 0 Å². The van der Waals surface area contributed by atoms with Gasteiger partial charge in [0.05, 0.1) is 0 Å². The summed E-state index contributed by atoms with van der Waals surface area (Å²) in [6.07, 6.45) is 10.3. The molecule has 6 nitrogen and oxygen atoms in total. The van der Waals surface area contributed by atoms with Crippen molar-refractivity contribution >= 4 is 28.8 Å². The molecule has 1 saturated carbocycles. The molecule has 176 valence electrons. The van der Waals surface area contributed by atoms with Crippen LogP contribution in [-0.2, 0) is 6.54 Å². The molecule has 1 aromatic carbocycles. The number of amides is 1. The van der Waals surface area contributed by atoms with E-state index in [9.17, 15) is 4.79 Å². The first-order valence-electron chi connectivity index (χ1n) is 11.8. The highest BCUT2D eigenvalue weighted by Gasteiger charge is 2.28. The second-order valence-electron chi connectivity index (χ2n) is 9.18. The molecule has 2 heterocycles. The van der Waals surface area contributed by atoms with Crippen molar-refractivity contribution in [2.24, 2.45) is 0 Å². The van der Waals surface area contributed by atoms with Gasteiger partial charge >= 0.3 is 0 Å². The number of hydrogen-bond acceptors (Lipinski definition) is 4. The summed E-state index contributed by atoms with van der Waals surface area (Å²) in [7, 11) is 4.34. The first-order chi connectivity index (χ1) is 15.9. The SMILES string of the molecule is CCN(c1cc(Cl)cc(C(=O)NCc2cccn3ccnc23)c1C)C1CCC(N(C)C)CC1. The summed E-state index contributed by atoms with van der Waals surface area (Å²) in [6.45, 7) is 5.52. The third kappa shape index (κ3) is 5.02. The molecule has 0 bridgehead atoms. The minimum absolute atomic E-state index is 0.114. The van der Waals surface area contributed by atoms with Crippen LogP contribution in [0.1, 0.15) is 54.1 Å². The summed E-state index contributed by atoms with van der Waals surface area (Å²) in [5.41, 5.74) is 4.51. The van der Waals surface area contributed by atoms with E-state index in [1.54, 1.807) is 12.3 Å². The molecule has 0 aliphatic heterocycles. The Labute approximate surface area is 201 Å². The number of fused-ring (bicyclic) bond motifs is 1. The van der Waals surface area contributed by atoms with Crippen LogP contribution in [0.4, 0.5) is 5.69 Å². The number of anilines is 1. The molecule has 3 aromatic rings. The average molecular weight is 468 g/mol. The Morgan fingerprint density at radius 3 is 2.61 bits per heavy atom. The number of imidazole rings is 1. The van der Waals surface area contributed by atoms with E-state index in [1.807, 2.05) is 41.9 Å². The number of nitrogens with one attached hydrogen (secondary N) is 1. The number of pyridine rings is 1. The molecule has 0 spiro atoms. The first kappa shape index (κ1) is 23.6. The molecule has 33 heavy (non-hydrogen) atoms. The van der Waals surface area contributed by atoms with E-state index in [0.717, 1.165) is 41.8 Å². The Balaban J connectivity index is 1.53. The topological polar surface area (TPSA) is 52.9 Å². The molecule has 1 N–H and O–H groups in total. The fourth-order valence-electron chi connectivity index (χ4n) is 5.13. The third-order valence-corrected chi connectivity index (χ3v) is 7.23. The Morgan fingerprint density at radius 1 is 1.18 bits per heavy atom. The van der Waals surface area contributed by atoms with Crippen LogP contribution in [0.25, 0.3) is 5.65 Å². The van der Waals surface area contributed by atoms with Gasteiger partial charge in [0.15, 0.2) is 0 Å². The first-order valence-corrected chi connectivity index (χ1v) is 12.2. The third-order valence-electron chi connectivity index (χ3n) is 7.02. The Hall–Kier alpha value is -2.57. The second kappa shape index (κ2) is 10.1. The zero-order valence-corrected chi connectivity index (χ0v) is 20.8. The van der Waals surface area contributed by atoms with Crippen molar-refractivity contribution in [1.29, 1.82) is 0 Å². The van der Waals surface area contributed by atoms with E-state index in [0.29, 0.717) is 29.2 Å². The fraction of sp³-hybridized carbons (Fsp3) is 0.462. The van der Waals surface area contributed by atoms with Crippen LogP contribution in [-0.4, -0.2) is 52.9 Å². The van der Waals surface area contributed by atoms with E-state index in [2.05, 4.69) is 41.1 Å². The zero-order valence-electron chi connectivity index (χ0n) is 20.0. The van der Waals surface area contributed by atoms with E-state index >= 15 is 0 Å². The van der Waals surface area contributed by atoms with Gasteiger partial charge in [0.25, 0.3) is 5.91 Å². The largest absolute Gasteiger partial charge is 0.369 e. The molecule has 1 fully saturated rings. The van der Waals surface area contributed by atoms with Gasteiger partial charge in [-0.3, -0.25) is 4.79 Å². The maximum absolute atomic E-state index is 13.2. The highest BCUT2D eigenvalue weighted by atomic mass is 35.5. The normalized spacial score (nSPS) is 18.6. The number of aromatic nitrogens is 2. The van der Waals surface area contributed by atoms with Gasteiger partial charge in [-0.25, -0.2) is 4.98 Å². The number of halogens is 1. The maximum Gasteiger partial charge on any atom is 0.251 e. The predicted molar refractivity (Wildman–Crippen MR) is 135 cm³/mol. The van der Waals surface area contributed by atoms with Crippen LogP contribution >= 0.6 is 11.6 Å². The molecule has 1 aliphatic rings. The average Bonchev–Trinajstić information content (AvgIpc) is 3.30. The van der Waals surface area contributed by atoms with Crippen LogP contribution in [0.15, 0.2) is 42.9 Å². The van der Waals surface area contributed by atoms with Gasteiger partial charge < -0.3 is 19.5 Å². The van der Waals surface area contributed by atoms with E-state index in [1.165, 1.54) is 12.8 Å². The molecule has 0 radical (unpaired) electrons. The van der Waals surface area contributed by atoms with Crippen molar-refractivity contribution in [1.82, 2.24) is 19.6 Å². The summed E-state index contributed by atoms with van der Waals surface area (Å²) in [5.74, 6) is -0.114. The Kier molecular flexibility index (Phi) is 7.25.